The van der Waals surface area contributed by atoms with E-state index in [-0.39, 0.29) is 17.0 Å². The number of nitroso groups, excluding NO2 is 1. The van der Waals surface area contributed by atoms with Crippen LogP contribution in [0.4, 0.5) is 11.5 Å². The molecule has 0 saturated carbocycles. The fraction of sp³-hybridized carbons (Fsp3) is 0.333. The Labute approximate surface area is 112 Å². The highest BCUT2D eigenvalue weighted by atomic mass is 35.5. The third kappa shape index (κ3) is 1.82. The smallest absolute Gasteiger partial charge is 0.226 e. The maximum absolute atomic E-state index is 10.8. The van der Waals surface area contributed by atoms with Crippen molar-refractivity contribution in [2.75, 3.05) is 18.5 Å². The van der Waals surface area contributed by atoms with Gasteiger partial charge in [-0.25, -0.2) is 0 Å². The SMILES string of the molecule is O=Nc1cn(S)c2nc(Cl)nc(NC3COC3)c12. The topological polar surface area (TPSA) is 81.4 Å². The van der Waals surface area contributed by atoms with Crippen molar-refractivity contribution in [3.05, 3.63) is 16.4 Å². The van der Waals surface area contributed by atoms with Crippen LogP contribution in [0.1, 0.15) is 0 Å². The maximum Gasteiger partial charge on any atom is 0.226 e. The van der Waals surface area contributed by atoms with E-state index >= 15 is 0 Å². The molecule has 1 aliphatic rings. The van der Waals surface area contributed by atoms with Gasteiger partial charge < -0.3 is 10.1 Å². The normalized spacial score (nSPS) is 15.7. The lowest BCUT2D eigenvalue weighted by Gasteiger charge is -2.27. The first-order valence-corrected chi connectivity index (χ1v) is 5.92. The second kappa shape index (κ2) is 4.38. The monoisotopic (exact) mass is 285 g/mol. The van der Waals surface area contributed by atoms with Gasteiger partial charge in [0, 0.05) is 6.20 Å². The van der Waals surface area contributed by atoms with Crippen molar-refractivity contribution in [1.82, 2.24) is 13.9 Å². The Morgan fingerprint density at radius 2 is 2.33 bits per heavy atom. The number of hydrogen-bond acceptors (Lipinski definition) is 7. The quantitative estimate of drug-likeness (QED) is 0.512. The van der Waals surface area contributed by atoms with Gasteiger partial charge in [0.25, 0.3) is 0 Å². The summed E-state index contributed by atoms with van der Waals surface area (Å²) < 4.78 is 6.46. The Kier molecular flexibility index (Phi) is 2.84. The van der Waals surface area contributed by atoms with Gasteiger partial charge in [-0.2, -0.15) is 9.97 Å². The lowest BCUT2D eigenvalue weighted by atomic mass is 10.2. The molecule has 1 aliphatic heterocycles. The van der Waals surface area contributed by atoms with E-state index in [9.17, 15) is 4.91 Å². The lowest BCUT2D eigenvalue weighted by Crippen LogP contribution is -2.40. The van der Waals surface area contributed by atoms with Gasteiger partial charge >= 0.3 is 0 Å². The van der Waals surface area contributed by atoms with Gasteiger partial charge in [0.15, 0.2) is 5.65 Å². The van der Waals surface area contributed by atoms with E-state index in [4.69, 9.17) is 16.3 Å². The number of halogens is 1. The summed E-state index contributed by atoms with van der Waals surface area (Å²) >= 11 is 10.0. The Balaban J connectivity index is 2.17. The van der Waals surface area contributed by atoms with Gasteiger partial charge in [-0.1, -0.05) is 12.8 Å². The lowest BCUT2D eigenvalue weighted by molar-refractivity contribution is 0.0210. The largest absolute Gasteiger partial charge is 0.377 e. The molecule has 94 valence electrons. The van der Waals surface area contributed by atoms with E-state index in [0.29, 0.717) is 30.1 Å². The number of anilines is 1. The van der Waals surface area contributed by atoms with Crippen LogP contribution in [0.2, 0.25) is 5.28 Å². The Bertz CT molecular complexity index is 627. The molecule has 0 bridgehead atoms. The van der Waals surface area contributed by atoms with Crippen LogP contribution in [0, 0.1) is 4.91 Å². The number of hydrogen-bond donors (Lipinski definition) is 2. The van der Waals surface area contributed by atoms with E-state index in [1.165, 1.54) is 10.2 Å². The zero-order valence-electron chi connectivity index (χ0n) is 9.00. The highest BCUT2D eigenvalue weighted by molar-refractivity contribution is 7.78. The minimum Gasteiger partial charge on any atom is -0.377 e. The summed E-state index contributed by atoms with van der Waals surface area (Å²) in [6, 6.07) is 0.155. The van der Waals surface area contributed by atoms with Crippen molar-refractivity contribution in [1.29, 1.82) is 0 Å². The number of nitrogens with one attached hydrogen (secondary N) is 1. The molecule has 1 N–H and O–H groups in total. The average molecular weight is 286 g/mol. The van der Waals surface area contributed by atoms with Crippen molar-refractivity contribution in [3.63, 3.8) is 0 Å². The molecule has 0 unspecified atom stereocenters. The van der Waals surface area contributed by atoms with E-state index in [1.54, 1.807) is 0 Å². The predicted molar refractivity (Wildman–Crippen MR) is 70.6 cm³/mol. The maximum atomic E-state index is 10.8. The standard InChI is InChI=1S/C9H8ClN5O2S/c10-9-12-7(11-4-2-17-3-4)6-5(14-16)1-15(18)8(6)13-9/h1,4,18H,2-3H2,(H,11,12,13). The van der Waals surface area contributed by atoms with Crippen molar-refractivity contribution < 1.29 is 4.74 Å². The van der Waals surface area contributed by atoms with Crippen molar-refractivity contribution in [2.24, 2.45) is 5.18 Å². The molecule has 2 aromatic rings. The Hall–Kier alpha value is -1.38. The molecule has 1 fully saturated rings. The summed E-state index contributed by atoms with van der Waals surface area (Å²) in [5.74, 6) is 0.473. The van der Waals surface area contributed by atoms with Gasteiger partial charge in [-0.15, -0.1) is 4.91 Å². The molecule has 18 heavy (non-hydrogen) atoms. The van der Waals surface area contributed by atoms with E-state index in [0.717, 1.165) is 0 Å². The number of thiol groups is 1. The van der Waals surface area contributed by atoms with E-state index < -0.39 is 0 Å². The molecule has 0 aliphatic carbocycles. The molecule has 0 atom stereocenters. The summed E-state index contributed by atoms with van der Waals surface area (Å²) in [5, 5.41) is 6.68. The zero-order chi connectivity index (χ0) is 12.7. The zero-order valence-corrected chi connectivity index (χ0v) is 10.6. The van der Waals surface area contributed by atoms with Gasteiger partial charge in [-0.3, -0.25) is 3.97 Å². The van der Waals surface area contributed by atoms with Crippen LogP contribution in [-0.2, 0) is 4.74 Å². The average Bonchev–Trinajstić information content (AvgIpc) is 2.61. The van der Waals surface area contributed by atoms with Crippen LogP contribution in [0.3, 0.4) is 0 Å². The number of aromatic nitrogens is 3. The first kappa shape index (κ1) is 11.7. The molecule has 3 rings (SSSR count). The number of ether oxygens (including phenoxy) is 1. The third-order valence-corrected chi connectivity index (χ3v) is 3.13. The Morgan fingerprint density at radius 1 is 1.56 bits per heavy atom. The number of nitrogens with zero attached hydrogens (tertiary/aromatic N) is 4. The first-order valence-electron chi connectivity index (χ1n) is 5.14. The van der Waals surface area contributed by atoms with Crippen LogP contribution in [0.25, 0.3) is 11.0 Å². The van der Waals surface area contributed by atoms with Crippen LogP contribution < -0.4 is 5.32 Å². The van der Waals surface area contributed by atoms with Crippen LogP contribution in [0.5, 0.6) is 0 Å². The molecule has 0 spiro atoms. The fourth-order valence-corrected chi connectivity index (χ4v) is 2.17. The minimum atomic E-state index is 0.0797. The van der Waals surface area contributed by atoms with E-state index in [1.807, 2.05) is 0 Å². The number of fused-ring (bicyclic) bond motifs is 1. The minimum absolute atomic E-state index is 0.0797. The summed E-state index contributed by atoms with van der Waals surface area (Å²) in [5.41, 5.74) is 0.662. The summed E-state index contributed by atoms with van der Waals surface area (Å²) in [4.78, 5) is 18.9. The van der Waals surface area contributed by atoms with Crippen LogP contribution >= 0.6 is 24.4 Å². The predicted octanol–water partition coefficient (Wildman–Crippen LogP) is 1.99. The molecule has 1 saturated heterocycles. The van der Waals surface area contributed by atoms with Gasteiger partial charge in [-0.05, 0) is 16.8 Å². The third-order valence-electron chi connectivity index (χ3n) is 2.66. The van der Waals surface area contributed by atoms with Gasteiger partial charge in [0.2, 0.25) is 5.28 Å². The molecule has 3 heterocycles. The molecular weight excluding hydrogens is 278 g/mol. The molecule has 0 amide bonds. The second-order valence-corrected chi connectivity index (χ2v) is 4.64. The molecular formula is C9H8ClN5O2S. The second-order valence-electron chi connectivity index (χ2n) is 3.87. The van der Waals surface area contributed by atoms with Gasteiger partial charge in [0.1, 0.15) is 11.5 Å². The fourth-order valence-electron chi connectivity index (χ4n) is 1.75. The highest BCUT2D eigenvalue weighted by Gasteiger charge is 2.22. The van der Waals surface area contributed by atoms with Crippen molar-refractivity contribution in [2.45, 2.75) is 6.04 Å². The van der Waals surface area contributed by atoms with Crippen molar-refractivity contribution >= 4 is 47.0 Å². The molecule has 0 radical (unpaired) electrons. The summed E-state index contributed by atoms with van der Waals surface area (Å²) in [7, 11) is 0. The van der Waals surface area contributed by atoms with Crippen molar-refractivity contribution in [3.8, 4) is 0 Å². The highest BCUT2D eigenvalue weighted by Crippen LogP contribution is 2.34. The van der Waals surface area contributed by atoms with Gasteiger partial charge in [0.05, 0.1) is 24.6 Å². The molecule has 9 heteroatoms. The Morgan fingerprint density at radius 3 is 2.94 bits per heavy atom. The number of rotatable bonds is 3. The summed E-state index contributed by atoms with van der Waals surface area (Å²) in [6.45, 7) is 1.18. The molecule has 0 aromatic carbocycles. The summed E-state index contributed by atoms with van der Waals surface area (Å²) in [6.07, 6.45) is 1.47. The molecule has 2 aromatic heterocycles. The van der Waals surface area contributed by atoms with E-state index in [2.05, 4.69) is 33.3 Å². The van der Waals surface area contributed by atoms with Crippen LogP contribution in [0.15, 0.2) is 11.4 Å². The van der Waals surface area contributed by atoms with Crippen LogP contribution in [-0.4, -0.2) is 33.2 Å². The first-order chi connectivity index (χ1) is 8.69. The molecule has 7 nitrogen and oxygen atoms in total.